The van der Waals surface area contributed by atoms with Crippen LogP contribution in [0.3, 0.4) is 0 Å². The zero-order chi connectivity index (χ0) is 24.6. The van der Waals surface area contributed by atoms with Crippen molar-refractivity contribution in [1.29, 1.82) is 0 Å². The highest BCUT2D eigenvalue weighted by molar-refractivity contribution is 6.46. The Kier molecular flexibility index (Phi) is 6.20. The van der Waals surface area contributed by atoms with Gasteiger partial charge in [-0.1, -0.05) is 30.3 Å². The molecule has 0 saturated carbocycles. The van der Waals surface area contributed by atoms with Crippen LogP contribution in [0.5, 0.6) is 5.75 Å². The van der Waals surface area contributed by atoms with Crippen molar-refractivity contribution in [3.05, 3.63) is 106 Å². The van der Waals surface area contributed by atoms with Crippen LogP contribution in [-0.2, 0) is 16.1 Å². The molecule has 1 saturated heterocycles. The average molecular weight is 463 g/mol. The summed E-state index contributed by atoms with van der Waals surface area (Å²) in [5.41, 5.74) is 2.79. The summed E-state index contributed by atoms with van der Waals surface area (Å²) in [6.07, 6.45) is 0. The highest BCUT2D eigenvalue weighted by Gasteiger charge is 2.46. The van der Waals surface area contributed by atoms with Gasteiger partial charge < -0.3 is 14.7 Å². The van der Waals surface area contributed by atoms with Gasteiger partial charge in [-0.3, -0.25) is 9.59 Å². The number of ether oxygens (including phenoxy) is 1. The van der Waals surface area contributed by atoms with Gasteiger partial charge in [0.25, 0.3) is 11.7 Å². The van der Waals surface area contributed by atoms with Crippen molar-refractivity contribution in [2.24, 2.45) is 0 Å². The summed E-state index contributed by atoms with van der Waals surface area (Å²) in [4.78, 5) is 27.6. The first-order valence-electron chi connectivity index (χ1n) is 10.6. The highest BCUT2D eigenvalue weighted by atomic mass is 19.1. The van der Waals surface area contributed by atoms with Crippen LogP contribution >= 0.6 is 0 Å². The molecular weight excluding hydrogens is 440 g/mol. The van der Waals surface area contributed by atoms with E-state index in [1.54, 1.807) is 6.07 Å². The molecule has 4 rings (SSSR count). The van der Waals surface area contributed by atoms with Gasteiger partial charge in [0, 0.05) is 6.54 Å². The number of aliphatic hydroxyl groups excluding tert-OH is 1. The van der Waals surface area contributed by atoms with Crippen molar-refractivity contribution >= 4 is 17.4 Å². The number of carbonyl (C=O) groups is 2. The van der Waals surface area contributed by atoms with Gasteiger partial charge in [-0.2, -0.15) is 0 Å². The van der Waals surface area contributed by atoms with E-state index in [1.807, 2.05) is 19.9 Å². The van der Waals surface area contributed by atoms with E-state index in [-0.39, 0.29) is 23.4 Å². The third-order valence-corrected chi connectivity index (χ3v) is 5.87. The minimum atomic E-state index is -0.976. The Balaban J connectivity index is 1.91. The Bertz CT molecular complexity index is 1300. The molecule has 1 aliphatic rings. The predicted molar refractivity (Wildman–Crippen MR) is 123 cm³/mol. The number of hydrogen-bond donors (Lipinski definition) is 1. The molecule has 1 unspecified atom stereocenters. The van der Waals surface area contributed by atoms with E-state index in [2.05, 4.69) is 0 Å². The molecule has 0 aromatic heterocycles. The summed E-state index contributed by atoms with van der Waals surface area (Å²) in [7, 11) is 1.46. The molecule has 5 nitrogen and oxygen atoms in total. The summed E-state index contributed by atoms with van der Waals surface area (Å²) in [6, 6.07) is 13.5. The maximum Gasteiger partial charge on any atom is 0.295 e. The lowest BCUT2D eigenvalue weighted by atomic mass is 9.93. The molecule has 1 fully saturated rings. The summed E-state index contributed by atoms with van der Waals surface area (Å²) in [6.45, 7) is 3.65. The van der Waals surface area contributed by atoms with Gasteiger partial charge in [0.05, 0.1) is 24.3 Å². The standard InChI is InChI=1S/C27H23F2NO4/c1-15-12-16(2)26(34-3)21(13-15)24(31)22-23(18-6-10-20(29)11-7-18)30(27(33)25(22)32)14-17-4-8-19(28)9-5-17/h4-13,23,31H,14H2,1-3H3/b24-22+. The van der Waals surface area contributed by atoms with Crippen molar-refractivity contribution in [3.63, 3.8) is 0 Å². The maximum atomic E-state index is 13.7. The molecular formula is C27H23F2NO4. The van der Waals surface area contributed by atoms with Crippen LogP contribution in [0.1, 0.15) is 33.9 Å². The normalized spacial score (nSPS) is 17.3. The number of likely N-dealkylation sites (tertiary alicyclic amines) is 1. The molecule has 0 aliphatic carbocycles. The zero-order valence-corrected chi connectivity index (χ0v) is 18.9. The molecule has 174 valence electrons. The van der Waals surface area contributed by atoms with Crippen molar-refractivity contribution in [1.82, 2.24) is 4.90 Å². The zero-order valence-electron chi connectivity index (χ0n) is 18.9. The van der Waals surface area contributed by atoms with E-state index in [0.717, 1.165) is 11.1 Å². The molecule has 0 radical (unpaired) electrons. The predicted octanol–water partition coefficient (Wildman–Crippen LogP) is 5.21. The molecule has 3 aromatic carbocycles. The van der Waals surface area contributed by atoms with Crippen molar-refractivity contribution in [2.45, 2.75) is 26.4 Å². The molecule has 1 aliphatic heterocycles. The fraction of sp³-hybridized carbons (Fsp3) is 0.185. The van der Waals surface area contributed by atoms with E-state index in [0.29, 0.717) is 16.9 Å². The van der Waals surface area contributed by atoms with E-state index in [9.17, 15) is 23.5 Å². The number of aliphatic hydroxyl groups is 1. The fourth-order valence-corrected chi connectivity index (χ4v) is 4.37. The fourth-order valence-electron chi connectivity index (χ4n) is 4.37. The topological polar surface area (TPSA) is 66.8 Å². The van der Waals surface area contributed by atoms with Gasteiger partial charge in [-0.15, -0.1) is 0 Å². The smallest absolute Gasteiger partial charge is 0.295 e. The summed E-state index contributed by atoms with van der Waals surface area (Å²) in [5.74, 6) is -2.58. The van der Waals surface area contributed by atoms with Crippen molar-refractivity contribution < 1.29 is 28.2 Å². The van der Waals surface area contributed by atoms with Gasteiger partial charge in [-0.25, -0.2) is 8.78 Å². The second kappa shape index (κ2) is 9.09. The number of rotatable bonds is 5. The van der Waals surface area contributed by atoms with Crippen LogP contribution < -0.4 is 4.74 Å². The lowest BCUT2D eigenvalue weighted by Gasteiger charge is -2.25. The molecule has 1 N–H and O–H groups in total. The third-order valence-electron chi connectivity index (χ3n) is 5.87. The quantitative estimate of drug-likeness (QED) is 0.320. The van der Waals surface area contributed by atoms with Gasteiger partial charge >= 0.3 is 0 Å². The second-order valence-corrected chi connectivity index (χ2v) is 8.27. The first-order valence-corrected chi connectivity index (χ1v) is 10.6. The number of benzene rings is 3. The molecule has 0 spiro atoms. The first kappa shape index (κ1) is 23.2. The Morgan fingerprint density at radius 1 is 0.971 bits per heavy atom. The Morgan fingerprint density at radius 2 is 1.56 bits per heavy atom. The number of halogens is 2. The minimum absolute atomic E-state index is 0.00629. The monoisotopic (exact) mass is 463 g/mol. The van der Waals surface area contributed by atoms with Gasteiger partial charge in [0.2, 0.25) is 0 Å². The first-order chi connectivity index (χ1) is 16.2. The lowest BCUT2D eigenvalue weighted by molar-refractivity contribution is -0.140. The Morgan fingerprint density at radius 3 is 2.15 bits per heavy atom. The van der Waals surface area contributed by atoms with Crippen molar-refractivity contribution in [3.8, 4) is 5.75 Å². The Labute approximate surface area is 195 Å². The molecule has 1 amide bonds. The number of aryl methyl sites for hydroxylation is 2. The van der Waals surface area contributed by atoms with Gasteiger partial charge in [0.1, 0.15) is 23.1 Å². The molecule has 0 bridgehead atoms. The summed E-state index contributed by atoms with van der Waals surface area (Å²) in [5, 5.41) is 11.4. The molecule has 1 heterocycles. The number of amides is 1. The lowest BCUT2D eigenvalue weighted by Crippen LogP contribution is -2.29. The maximum absolute atomic E-state index is 13.7. The number of methoxy groups -OCH3 is 1. The number of nitrogens with zero attached hydrogens (tertiary/aromatic N) is 1. The SMILES string of the molecule is COc1c(C)cc(C)cc1/C(O)=C1\C(=O)C(=O)N(Cc2ccc(F)cc2)C1c1ccc(F)cc1. The van der Waals surface area contributed by atoms with Crippen LogP contribution in [0.15, 0.2) is 66.2 Å². The minimum Gasteiger partial charge on any atom is -0.507 e. The number of ketones is 1. The highest BCUT2D eigenvalue weighted by Crippen LogP contribution is 2.42. The van der Waals surface area contributed by atoms with Gasteiger partial charge in [-0.05, 0) is 66.4 Å². The van der Waals surface area contributed by atoms with Crippen LogP contribution in [0.4, 0.5) is 8.78 Å². The number of Topliss-reactive ketones (excluding diaryl/α,β-unsaturated/α-hetero) is 1. The molecule has 34 heavy (non-hydrogen) atoms. The van der Waals surface area contributed by atoms with Crippen LogP contribution in [0.2, 0.25) is 0 Å². The summed E-state index contributed by atoms with van der Waals surface area (Å²) >= 11 is 0. The van der Waals surface area contributed by atoms with Gasteiger partial charge in [0.15, 0.2) is 0 Å². The molecule has 3 aromatic rings. The molecule has 7 heteroatoms. The van der Waals surface area contributed by atoms with Crippen LogP contribution in [0, 0.1) is 25.5 Å². The second-order valence-electron chi connectivity index (χ2n) is 8.27. The summed E-state index contributed by atoms with van der Waals surface area (Å²) < 4.78 is 32.5. The Hall–Kier alpha value is -4.00. The third kappa shape index (κ3) is 4.17. The van der Waals surface area contributed by atoms with Crippen molar-refractivity contribution in [2.75, 3.05) is 7.11 Å². The number of hydrogen-bond acceptors (Lipinski definition) is 4. The van der Waals surface area contributed by atoms with E-state index < -0.39 is 29.4 Å². The number of carbonyl (C=O) groups excluding carboxylic acids is 2. The van der Waals surface area contributed by atoms with E-state index in [1.165, 1.54) is 60.5 Å². The van der Waals surface area contributed by atoms with Crippen LogP contribution in [-0.4, -0.2) is 28.8 Å². The van der Waals surface area contributed by atoms with E-state index >= 15 is 0 Å². The largest absolute Gasteiger partial charge is 0.507 e. The van der Waals surface area contributed by atoms with Crippen LogP contribution in [0.25, 0.3) is 5.76 Å². The van der Waals surface area contributed by atoms with E-state index in [4.69, 9.17) is 4.74 Å². The average Bonchev–Trinajstić information content (AvgIpc) is 3.05. The molecule has 1 atom stereocenters.